The summed E-state index contributed by atoms with van der Waals surface area (Å²) in [5.74, 6) is -3.23. The number of benzene rings is 2. The van der Waals surface area contributed by atoms with Gasteiger partial charge in [-0.2, -0.15) is 0 Å². The second-order valence-electron chi connectivity index (χ2n) is 7.36. The maximum Gasteiger partial charge on any atom is 0.202 e. The van der Waals surface area contributed by atoms with Crippen LogP contribution in [0.25, 0.3) is 0 Å². The van der Waals surface area contributed by atoms with Crippen molar-refractivity contribution in [3.63, 3.8) is 0 Å². The topological polar surface area (TPSA) is 141 Å². The molecule has 0 unspecified atom stereocenters. The minimum atomic E-state index is -1.96. The third-order valence-corrected chi connectivity index (χ3v) is 5.75. The van der Waals surface area contributed by atoms with E-state index in [1.165, 1.54) is 25.3 Å². The van der Waals surface area contributed by atoms with Crippen molar-refractivity contribution in [2.24, 2.45) is 0 Å². The normalized spacial score (nSPS) is 22.6. The van der Waals surface area contributed by atoms with Gasteiger partial charge in [-0.05, 0) is 13.0 Å². The van der Waals surface area contributed by atoms with E-state index in [2.05, 4.69) is 0 Å². The molecule has 0 spiro atoms. The van der Waals surface area contributed by atoms with Crippen molar-refractivity contribution < 1.29 is 39.5 Å². The van der Waals surface area contributed by atoms with Crippen molar-refractivity contribution in [1.29, 1.82) is 0 Å². The van der Waals surface area contributed by atoms with E-state index in [1.54, 1.807) is 0 Å². The van der Waals surface area contributed by atoms with Crippen LogP contribution in [0, 0.1) is 0 Å². The second-order valence-corrected chi connectivity index (χ2v) is 7.36. The van der Waals surface area contributed by atoms with Crippen LogP contribution in [-0.4, -0.2) is 50.5 Å². The van der Waals surface area contributed by atoms with Crippen LogP contribution in [0.4, 0.5) is 0 Å². The highest BCUT2D eigenvalue weighted by Gasteiger charge is 2.47. The van der Waals surface area contributed by atoms with E-state index in [0.717, 1.165) is 6.92 Å². The smallest absolute Gasteiger partial charge is 0.202 e. The van der Waals surface area contributed by atoms with Crippen LogP contribution >= 0.6 is 0 Å². The number of hydrogen-bond acceptors (Lipinski definition) is 8. The minimum Gasteiger partial charge on any atom is -0.507 e. The predicted octanol–water partition coefficient (Wildman–Crippen LogP) is 1.18. The number of methoxy groups -OCH3 is 1. The Morgan fingerprint density at radius 3 is 2.38 bits per heavy atom. The van der Waals surface area contributed by atoms with E-state index in [4.69, 9.17) is 4.74 Å². The molecule has 2 aromatic rings. The number of aromatic hydroxyl groups is 2. The molecule has 4 N–H and O–H groups in total. The molecule has 150 valence electrons. The molecule has 0 aliphatic heterocycles. The largest absolute Gasteiger partial charge is 0.507 e. The van der Waals surface area contributed by atoms with Crippen molar-refractivity contribution >= 4 is 17.3 Å². The minimum absolute atomic E-state index is 0.00492. The molecule has 0 aromatic heterocycles. The zero-order valence-electron chi connectivity index (χ0n) is 15.6. The molecule has 0 radical (unpaired) electrons. The fourth-order valence-corrected chi connectivity index (χ4v) is 4.21. The second kappa shape index (κ2) is 6.13. The fraction of sp³-hybridized carbons (Fsp3) is 0.286. The molecule has 0 bridgehead atoms. The van der Waals surface area contributed by atoms with Crippen molar-refractivity contribution in [2.75, 3.05) is 7.11 Å². The van der Waals surface area contributed by atoms with Gasteiger partial charge in [-0.3, -0.25) is 14.4 Å². The lowest BCUT2D eigenvalue weighted by atomic mass is 9.72. The van der Waals surface area contributed by atoms with Gasteiger partial charge in [0, 0.05) is 29.5 Å². The standard InChI is InChI=1S/C21H18O8/c1-8(22)21(28)6-10-13(11(23)7-21)19(26)16-15(18(10)25)17(24)9-4-3-5-12(29-2)14(9)20(16)27/h3-5,11,23,25-26,28H,6-7H2,1-2H3/t11-,21-/m0/s1. The molecule has 2 aliphatic carbocycles. The summed E-state index contributed by atoms with van der Waals surface area (Å²) in [6, 6.07) is 4.41. The SMILES string of the molecule is COc1cccc2c1C(=O)c1c(O)c3c(c(O)c1C2=O)C[C@@](O)(C(C)=O)C[C@@H]3O. The van der Waals surface area contributed by atoms with Gasteiger partial charge in [0.2, 0.25) is 5.78 Å². The summed E-state index contributed by atoms with van der Waals surface area (Å²) < 4.78 is 5.17. The molecule has 8 nitrogen and oxygen atoms in total. The summed E-state index contributed by atoms with van der Waals surface area (Å²) in [6.45, 7) is 1.14. The van der Waals surface area contributed by atoms with Crippen LogP contribution in [0.5, 0.6) is 17.2 Å². The highest BCUT2D eigenvalue weighted by Crippen LogP contribution is 2.50. The van der Waals surface area contributed by atoms with Gasteiger partial charge in [-0.15, -0.1) is 0 Å². The summed E-state index contributed by atoms with van der Waals surface area (Å²) in [6.07, 6.45) is -2.34. The van der Waals surface area contributed by atoms with Crippen molar-refractivity contribution in [2.45, 2.75) is 31.5 Å². The third-order valence-electron chi connectivity index (χ3n) is 5.75. The van der Waals surface area contributed by atoms with Gasteiger partial charge in [0.05, 0.1) is 29.9 Å². The Balaban J connectivity index is 2.04. The zero-order chi connectivity index (χ0) is 21.2. The molecule has 4 rings (SSSR count). The Hall–Kier alpha value is -3.23. The Morgan fingerprint density at radius 1 is 1.10 bits per heavy atom. The number of phenols is 2. The van der Waals surface area contributed by atoms with Gasteiger partial charge in [-0.1, -0.05) is 12.1 Å². The zero-order valence-corrected chi connectivity index (χ0v) is 15.6. The Labute approximate surface area is 165 Å². The molecule has 0 amide bonds. The number of rotatable bonds is 2. The van der Waals surface area contributed by atoms with Crippen molar-refractivity contribution in [3.05, 3.63) is 51.6 Å². The van der Waals surface area contributed by atoms with E-state index in [9.17, 15) is 34.8 Å². The molecule has 0 heterocycles. The molecular formula is C21H18O8. The Bertz CT molecular complexity index is 1120. The first-order valence-corrected chi connectivity index (χ1v) is 8.91. The number of aliphatic hydroxyl groups excluding tert-OH is 1. The number of fused-ring (bicyclic) bond motifs is 3. The predicted molar refractivity (Wildman–Crippen MR) is 98.5 cm³/mol. The molecular weight excluding hydrogens is 380 g/mol. The van der Waals surface area contributed by atoms with E-state index < -0.39 is 64.5 Å². The van der Waals surface area contributed by atoms with Crippen molar-refractivity contribution in [3.8, 4) is 17.2 Å². The maximum absolute atomic E-state index is 13.1. The van der Waals surface area contributed by atoms with E-state index in [0.29, 0.717) is 0 Å². The monoisotopic (exact) mass is 398 g/mol. The number of aliphatic hydroxyl groups is 2. The van der Waals surface area contributed by atoms with Gasteiger partial charge in [0.15, 0.2) is 11.6 Å². The van der Waals surface area contributed by atoms with Gasteiger partial charge in [0.1, 0.15) is 22.8 Å². The lowest BCUT2D eigenvalue weighted by molar-refractivity contribution is -0.139. The van der Waals surface area contributed by atoms with E-state index in [1.807, 2.05) is 0 Å². The number of Topliss-reactive ketones (excluding diaryl/α,β-unsaturated/α-hetero) is 1. The average Bonchev–Trinajstić information content (AvgIpc) is 2.67. The number of carbonyl (C=O) groups is 3. The number of ether oxygens (including phenoxy) is 1. The number of phenolic OH excluding ortho intramolecular Hbond substituents is 2. The molecule has 0 saturated carbocycles. The van der Waals surface area contributed by atoms with Crippen LogP contribution in [0.1, 0.15) is 62.4 Å². The van der Waals surface area contributed by atoms with Gasteiger partial charge in [-0.25, -0.2) is 0 Å². The van der Waals surface area contributed by atoms with Gasteiger partial charge < -0.3 is 25.2 Å². The summed E-state index contributed by atoms with van der Waals surface area (Å²) in [4.78, 5) is 38.1. The molecule has 8 heteroatoms. The van der Waals surface area contributed by atoms with Crippen LogP contribution in [-0.2, 0) is 11.2 Å². The van der Waals surface area contributed by atoms with E-state index >= 15 is 0 Å². The summed E-state index contributed by atoms with van der Waals surface area (Å²) in [5.41, 5.74) is -3.19. The molecule has 0 fully saturated rings. The van der Waals surface area contributed by atoms with Gasteiger partial charge in [0.25, 0.3) is 0 Å². The lowest BCUT2D eigenvalue weighted by Crippen LogP contribution is -2.44. The highest BCUT2D eigenvalue weighted by molar-refractivity contribution is 6.31. The van der Waals surface area contributed by atoms with Crippen LogP contribution < -0.4 is 4.74 Å². The first-order valence-electron chi connectivity index (χ1n) is 8.91. The fourth-order valence-electron chi connectivity index (χ4n) is 4.21. The molecule has 2 aromatic carbocycles. The van der Waals surface area contributed by atoms with E-state index in [-0.39, 0.29) is 28.0 Å². The molecule has 29 heavy (non-hydrogen) atoms. The summed E-state index contributed by atoms with van der Waals surface area (Å²) in [5, 5.41) is 42.7. The first-order chi connectivity index (χ1) is 13.6. The Morgan fingerprint density at radius 2 is 1.76 bits per heavy atom. The van der Waals surface area contributed by atoms with Crippen LogP contribution in [0.15, 0.2) is 18.2 Å². The van der Waals surface area contributed by atoms with Crippen LogP contribution in [0.2, 0.25) is 0 Å². The number of carbonyl (C=O) groups excluding carboxylic acids is 3. The molecule has 2 aliphatic rings. The Kier molecular flexibility index (Phi) is 4.04. The lowest BCUT2D eigenvalue weighted by Gasteiger charge is -2.36. The molecule has 0 saturated heterocycles. The quantitative estimate of drug-likeness (QED) is 0.472. The third kappa shape index (κ3) is 2.43. The van der Waals surface area contributed by atoms with Crippen LogP contribution in [0.3, 0.4) is 0 Å². The van der Waals surface area contributed by atoms with Gasteiger partial charge >= 0.3 is 0 Å². The molecule has 2 atom stereocenters. The number of ketones is 3. The maximum atomic E-state index is 13.1. The number of hydrogen-bond donors (Lipinski definition) is 4. The first kappa shape index (κ1) is 19.1. The summed E-state index contributed by atoms with van der Waals surface area (Å²) >= 11 is 0. The highest BCUT2D eigenvalue weighted by atomic mass is 16.5. The summed E-state index contributed by atoms with van der Waals surface area (Å²) in [7, 11) is 1.33. The average molecular weight is 398 g/mol. The van der Waals surface area contributed by atoms with Crippen molar-refractivity contribution in [1.82, 2.24) is 0 Å².